The van der Waals surface area contributed by atoms with Crippen LogP contribution < -0.4 is 19.7 Å². The van der Waals surface area contributed by atoms with Crippen LogP contribution in [-0.2, 0) is 9.59 Å². The highest BCUT2D eigenvalue weighted by Crippen LogP contribution is 2.37. The van der Waals surface area contributed by atoms with Crippen molar-refractivity contribution in [1.29, 1.82) is 0 Å². The van der Waals surface area contributed by atoms with Gasteiger partial charge in [0, 0.05) is 36.1 Å². The first-order valence-electron chi connectivity index (χ1n) is 10.7. The second kappa shape index (κ2) is 7.67. The first-order valence-corrected chi connectivity index (χ1v) is 10.7. The van der Waals surface area contributed by atoms with Gasteiger partial charge in [-0.2, -0.15) is 0 Å². The number of amides is 2. The van der Waals surface area contributed by atoms with Crippen molar-refractivity contribution in [2.24, 2.45) is 5.92 Å². The summed E-state index contributed by atoms with van der Waals surface area (Å²) in [6.07, 6.45) is 1.95. The minimum atomic E-state index is -0.430. The topological polar surface area (TPSA) is 85.7 Å². The summed E-state index contributed by atoms with van der Waals surface area (Å²) in [5.74, 6) is 0.578. The molecule has 1 fully saturated rings. The van der Waals surface area contributed by atoms with Crippen LogP contribution in [0.4, 0.5) is 11.4 Å². The van der Waals surface area contributed by atoms with Gasteiger partial charge in [0.05, 0.1) is 17.0 Å². The van der Waals surface area contributed by atoms with E-state index in [4.69, 9.17) is 9.47 Å². The Kier molecular flexibility index (Phi) is 4.50. The number of carbonyl (C=O) groups excluding carboxylic acids is 2. The molecule has 6 rings (SSSR count). The average molecular weight is 440 g/mol. The number of fused-ring (bicyclic) bond motifs is 2. The zero-order valence-electron chi connectivity index (χ0n) is 17.6. The van der Waals surface area contributed by atoms with E-state index in [2.05, 4.69) is 10.3 Å². The number of hydrogen-bond donors (Lipinski definition) is 1. The van der Waals surface area contributed by atoms with Crippen molar-refractivity contribution in [2.45, 2.75) is 6.42 Å². The van der Waals surface area contributed by atoms with Gasteiger partial charge in [0.2, 0.25) is 18.6 Å². The number of nitrogens with one attached hydrogen (secondary N) is 1. The quantitative estimate of drug-likeness (QED) is 0.523. The summed E-state index contributed by atoms with van der Waals surface area (Å²) in [5, 5.41) is 2.94. The lowest BCUT2D eigenvalue weighted by Crippen LogP contribution is -2.28. The molecule has 2 aliphatic rings. The molecule has 3 aromatic carbocycles. The third-order valence-corrected chi connectivity index (χ3v) is 6.03. The van der Waals surface area contributed by atoms with Gasteiger partial charge in [0.15, 0.2) is 11.5 Å². The third-order valence-electron chi connectivity index (χ3n) is 6.03. The summed E-state index contributed by atoms with van der Waals surface area (Å²) in [6, 6.07) is 20.9. The molecule has 1 N–H and O–H groups in total. The van der Waals surface area contributed by atoms with Crippen LogP contribution in [-0.4, -0.2) is 34.7 Å². The maximum Gasteiger partial charge on any atom is 0.231 e. The summed E-state index contributed by atoms with van der Waals surface area (Å²) >= 11 is 0. The van der Waals surface area contributed by atoms with Crippen molar-refractivity contribution in [3.05, 3.63) is 73.1 Å². The first kappa shape index (κ1) is 19.4. The van der Waals surface area contributed by atoms with Crippen molar-refractivity contribution < 1.29 is 19.1 Å². The minimum absolute atomic E-state index is 0.0867. The number of anilines is 2. The predicted octanol–water partition coefficient (Wildman–Crippen LogP) is 3.75. The summed E-state index contributed by atoms with van der Waals surface area (Å²) in [7, 11) is 0. The van der Waals surface area contributed by atoms with Crippen molar-refractivity contribution >= 4 is 34.2 Å². The van der Waals surface area contributed by atoms with Crippen LogP contribution >= 0.6 is 0 Å². The van der Waals surface area contributed by atoms with Gasteiger partial charge < -0.3 is 19.7 Å². The lowest BCUT2D eigenvalue weighted by atomic mass is 10.1. The monoisotopic (exact) mass is 440 g/mol. The number of para-hydroxylation sites is 2. The molecule has 0 spiro atoms. The number of ether oxygens (including phenoxy) is 2. The molecule has 2 aliphatic heterocycles. The van der Waals surface area contributed by atoms with Gasteiger partial charge in [-0.1, -0.05) is 12.1 Å². The molecule has 1 saturated heterocycles. The fraction of sp³-hybridized carbons (Fsp3) is 0.160. The van der Waals surface area contributed by atoms with Gasteiger partial charge in [-0.3, -0.25) is 14.2 Å². The van der Waals surface area contributed by atoms with Gasteiger partial charge in [-0.25, -0.2) is 4.98 Å². The van der Waals surface area contributed by atoms with E-state index >= 15 is 0 Å². The van der Waals surface area contributed by atoms with Crippen LogP contribution in [0.15, 0.2) is 73.1 Å². The smallest absolute Gasteiger partial charge is 0.231 e. The Morgan fingerprint density at radius 3 is 2.64 bits per heavy atom. The Hall–Kier alpha value is -4.33. The lowest BCUT2D eigenvalue weighted by Gasteiger charge is -2.17. The Labute approximate surface area is 189 Å². The SMILES string of the molecule is O=C(Nc1ccc(-n2cnc3ccccc32)cc1)[C@H]1CC(=O)N(c2ccc3c(c2)OCO3)C1. The number of hydrogen-bond acceptors (Lipinski definition) is 5. The van der Waals surface area contributed by atoms with Crippen LogP contribution in [0.5, 0.6) is 11.5 Å². The van der Waals surface area contributed by atoms with Crippen molar-refractivity contribution in [3.8, 4) is 17.2 Å². The van der Waals surface area contributed by atoms with E-state index in [1.165, 1.54) is 0 Å². The Bertz CT molecular complexity index is 1380. The normalized spacial score (nSPS) is 17.0. The van der Waals surface area contributed by atoms with Gasteiger partial charge in [0.1, 0.15) is 6.33 Å². The highest BCUT2D eigenvalue weighted by molar-refractivity contribution is 6.03. The van der Waals surface area contributed by atoms with E-state index in [1.54, 1.807) is 23.4 Å². The fourth-order valence-corrected chi connectivity index (χ4v) is 4.30. The standard InChI is InChI=1S/C25H20N4O4/c30-24-11-16(13-28(24)19-9-10-22-23(12-19)33-15-32-22)25(31)27-17-5-7-18(8-6-17)29-14-26-20-3-1-2-4-21(20)29/h1-10,12,14,16H,11,13,15H2,(H,27,31)/t16-/m0/s1. The number of aromatic nitrogens is 2. The molecular formula is C25H20N4O4. The van der Waals surface area contributed by atoms with Gasteiger partial charge >= 0.3 is 0 Å². The van der Waals surface area contributed by atoms with E-state index in [0.717, 1.165) is 16.7 Å². The maximum absolute atomic E-state index is 12.9. The van der Waals surface area contributed by atoms with E-state index in [-0.39, 0.29) is 25.0 Å². The van der Waals surface area contributed by atoms with E-state index in [0.29, 0.717) is 29.4 Å². The van der Waals surface area contributed by atoms with Crippen LogP contribution in [0.25, 0.3) is 16.7 Å². The number of imidazole rings is 1. The number of benzene rings is 3. The van der Waals surface area contributed by atoms with Gasteiger partial charge in [-0.05, 0) is 48.5 Å². The predicted molar refractivity (Wildman–Crippen MR) is 123 cm³/mol. The molecule has 0 bridgehead atoms. The number of rotatable bonds is 4. The summed E-state index contributed by atoms with van der Waals surface area (Å²) in [5.41, 5.74) is 4.28. The van der Waals surface area contributed by atoms with Crippen LogP contribution in [0.1, 0.15) is 6.42 Å². The Morgan fingerprint density at radius 1 is 0.970 bits per heavy atom. The highest BCUT2D eigenvalue weighted by atomic mass is 16.7. The third kappa shape index (κ3) is 3.45. The largest absolute Gasteiger partial charge is 0.454 e. The van der Waals surface area contributed by atoms with Crippen molar-refractivity contribution in [3.63, 3.8) is 0 Å². The molecule has 1 atom stereocenters. The molecule has 0 radical (unpaired) electrons. The second-order valence-corrected chi connectivity index (χ2v) is 8.08. The van der Waals surface area contributed by atoms with Crippen LogP contribution in [0.2, 0.25) is 0 Å². The molecule has 0 unspecified atom stereocenters. The molecule has 0 aliphatic carbocycles. The molecule has 4 aromatic rings. The number of carbonyl (C=O) groups is 2. The molecule has 33 heavy (non-hydrogen) atoms. The molecule has 1 aromatic heterocycles. The number of nitrogens with zero attached hydrogens (tertiary/aromatic N) is 3. The van der Waals surface area contributed by atoms with Crippen LogP contribution in [0.3, 0.4) is 0 Å². The molecule has 2 amide bonds. The minimum Gasteiger partial charge on any atom is -0.454 e. The molecule has 8 heteroatoms. The zero-order valence-corrected chi connectivity index (χ0v) is 17.6. The molecular weight excluding hydrogens is 420 g/mol. The molecule has 0 saturated carbocycles. The van der Waals surface area contributed by atoms with Gasteiger partial charge in [0.25, 0.3) is 0 Å². The maximum atomic E-state index is 12.9. The summed E-state index contributed by atoms with van der Waals surface area (Å²) < 4.78 is 12.7. The van der Waals surface area contributed by atoms with E-state index in [1.807, 2.05) is 59.2 Å². The Morgan fingerprint density at radius 2 is 1.76 bits per heavy atom. The first-order chi connectivity index (χ1) is 16.2. The Balaban J connectivity index is 1.14. The van der Waals surface area contributed by atoms with E-state index in [9.17, 15) is 9.59 Å². The fourth-order valence-electron chi connectivity index (χ4n) is 4.30. The lowest BCUT2D eigenvalue weighted by molar-refractivity contribution is -0.122. The van der Waals surface area contributed by atoms with Gasteiger partial charge in [-0.15, -0.1) is 0 Å². The molecule has 8 nitrogen and oxygen atoms in total. The molecule has 164 valence electrons. The zero-order chi connectivity index (χ0) is 22.4. The molecule has 3 heterocycles. The summed E-state index contributed by atoms with van der Waals surface area (Å²) in [6.45, 7) is 0.497. The average Bonchev–Trinajstić information content (AvgIpc) is 3.57. The summed E-state index contributed by atoms with van der Waals surface area (Å²) in [4.78, 5) is 31.5. The van der Waals surface area contributed by atoms with Crippen LogP contribution in [0, 0.1) is 5.92 Å². The van der Waals surface area contributed by atoms with Crippen molar-refractivity contribution in [1.82, 2.24) is 9.55 Å². The van der Waals surface area contributed by atoms with E-state index < -0.39 is 5.92 Å². The highest BCUT2D eigenvalue weighted by Gasteiger charge is 2.35. The second-order valence-electron chi connectivity index (χ2n) is 8.08. The van der Waals surface area contributed by atoms with Crippen molar-refractivity contribution in [2.75, 3.05) is 23.6 Å².